The highest BCUT2D eigenvalue weighted by Gasteiger charge is 2.28. The number of benzene rings is 1. The number of nitrogens with zero attached hydrogens (tertiary/aromatic N) is 4. The van der Waals surface area contributed by atoms with E-state index in [0.717, 1.165) is 35.2 Å². The molecular formula is C18H17F2N5O2. The summed E-state index contributed by atoms with van der Waals surface area (Å²) in [5.41, 5.74) is 1.39. The molecule has 0 aliphatic heterocycles. The summed E-state index contributed by atoms with van der Waals surface area (Å²) in [6.07, 6.45) is 5.16. The van der Waals surface area contributed by atoms with Crippen LogP contribution in [0, 0.1) is 11.6 Å². The van der Waals surface area contributed by atoms with Gasteiger partial charge < -0.3 is 5.32 Å². The van der Waals surface area contributed by atoms with Crippen LogP contribution in [0.25, 0.3) is 5.65 Å². The normalized spacial score (nSPS) is 15.1. The van der Waals surface area contributed by atoms with Crippen molar-refractivity contribution in [3.63, 3.8) is 0 Å². The quantitative estimate of drug-likeness (QED) is 0.741. The molecule has 3 aromatic rings. The summed E-state index contributed by atoms with van der Waals surface area (Å²) in [5.74, 6) is -2.03. The van der Waals surface area contributed by atoms with E-state index < -0.39 is 29.3 Å². The van der Waals surface area contributed by atoms with E-state index in [1.807, 2.05) is 0 Å². The largest absolute Gasteiger partial charge is 0.352 e. The van der Waals surface area contributed by atoms with Crippen LogP contribution in [0.4, 0.5) is 8.78 Å². The maximum atomic E-state index is 13.4. The first-order chi connectivity index (χ1) is 12.9. The van der Waals surface area contributed by atoms with Crippen LogP contribution in [0.5, 0.6) is 0 Å². The summed E-state index contributed by atoms with van der Waals surface area (Å²) in [6, 6.07) is 2.88. The van der Waals surface area contributed by atoms with Gasteiger partial charge in [-0.15, -0.1) is 5.10 Å². The van der Waals surface area contributed by atoms with Crippen molar-refractivity contribution in [1.29, 1.82) is 0 Å². The standard InChI is InChI=1S/C18H17F2N5O2/c1-10(12-4-5-14(19)15(20)6-12)22-16(26)8-25-18(27)24-9-21-7-13(11-2-3-11)17(24)23-25/h4-7,9-11H,2-3,8H2,1H3,(H,22,26)/t10-/m0/s1. The van der Waals surface area contributed by atoms with Crippen molar-refractivity contribution in [2.75, 3.05) is 0 Å². The predicted octanol–water partition coefficient (Wildman–Crippen LogP) is 1.92. The highest BCUT2D eigenvalue weighted by atomic mass is 19.2. The van der Waals surface area contributed by atoms with Gasteiger partial charge in [-0.25, -0.2) is 27.6 Å². The molecule has 7 nitrogen and oxygen atoms in total. The molecule has 1 saturated carbocycles. The maximum Gasteiger partial charge on any atom is 0.352 e. The lowest BCUT2D eigenvalue weighted by Crippen LogP contribution is -2.34. The molecule has 1 amide bonds. The number of carbonyl (C=O) groups is 1. The Kier molecular flexibility index (Phi) is 4.21. The topological polar surface area (TPSA) is 81.3 Å². The van der Waals surface area contributed by atoms with E-state index in [1.54, 1.807) is 13.1 Å². The highest BCUT2D eigenvalue weighted by molar-refractivity contribution is 5.76. The highest BCUT2D eigenvalue weighted by Crippen LogP contribution is 2.40. The Morgan fingerprint density at radius 3 is 2.81 bits per heavy atom. The van der Waals surface area contributed by atoms with Crippen molar-refractivity contribution in [3.8, 4) is 0 Å². The molecule has 2 aromatic heterocycles. The Balaban J connectivity index is 1.52. The van der Waals surface area contributed by atoms with E-state index >= 15 is 0 Å². The number of amides is 1. The number of aromatic nitrogens is 4. The molecular weight excluding hydrogens is 356 g/mol. The van der Waals surface area contributed by atoms with Gasteiger partial charge in [0.1, 0.15) is 12.9 Å². The molecule has 1 fully saturated rings. The molecule has 0 bridgehead atoms. The Hall–Kier alpha value is -3.10. The molecule has 1 aliphatic carbocycles. The zero-order chi connectivity index (χ0) is 19.1. The summed E-state index contributed by atoms with van der Waals surface area (Å²) in [4.78, 5) is 28.8. The van der Waals surface area contributed by atoms with Gasteiger partial charge in [0, 0.05) is 11.8 Å². The molecule has 1 aliphatic rings. The lowest BCUT2D eigenvalue weighted by molar-refractivity contribution is -0.122. The Morgan fingerprint density at radius 1 is 1.33 bits per heavy atom. The minimum atomic E-state index is -0.981. The number of hydrogen-bond acceptors (Lipinski definition) is 4. The lowest BCUT2D eigenvalue weighted by Gasteiger charge is -2.14. The van der Waals surface area contributed by atoms with Crippen LogP contribution in [-0.4, -0.2) is 25.1 Å². The number of rotatable bonds is 5. The number of carbonyl (C=O) groups excluding carboxylic acids is 1. The molecule has 4 rings (SSSR count). The lowest BCUT2D eigenvalue weighted by atomic mass is 10.1. The van der Waals surface area contributed by atoms with Crippen molar-refractivity contribution in [2.24, 2.45) is 0 Å². The van der Waals surface area contributed by atoms with E-state index in [-0.39, 0.29) is 6.54 Å². The average molecular weight is 373 g/mol. The Morgan fingerprint density at radius 2 is 2.11 bits per heavy atom. The summed E-state index contributed by atoms with van der Waals surface area (Å²) in [5, 5.41) is 6.94. The number of nitrogens with one attached hydrogen (secondary N) is 1. The SMILES string of the molecule is C[C@H](NC(=O)Cn1nc2c(C3CC3)cncn2c1=O)c1ccc(F)c(F)c1. The van der Waals surface area contributed by atoms with Crippen molar-refractivity contribution in [2.45, 2.75) is 38.3 Å². The van der Waals surface area contributed by atoms with Crippen LogP contribution in [0.1, 0.15) is 42.9 Å². The van der Waals surface area contributed by atoms with E-state index in [0.29, 0.717) is 17.1 Å². The second-order valence-corrected chi connectivity index (χ2v) is 6.72. The minimum Gasteiger partial charge on any atom is -0.348 e. The fourth-order valence-electron chi connectivity index (χ4n) is 3.03. The first kappa shape index (κ1) is 17.3. The van der Waals surface area contributed by atoms with E-state index in [2.05, 4.69) is 15.4 Å². The van der Waals surface area contributed by atoms with Crippen molar-refractivity contribution in [1.82, 2.24) is 24.5 Å². The first-order valence-electron chi connectivity index (χ1n) is 8.61. The van der Waals surface area contributed by atoms with Crippen LogP contribution in [0.2, 0.25) is 0 Å². The van der Waals surface area contributed by atoms with Gasteiger partial charge in [0.05, 0.1) is 6.04 Å². The molecule has 140 valence electrons. The maximum absolute atomic E-state index is 13.4. The van der Waals surface area contributed by atoms with Crippen LogP contribution in [-0.2, 0) is 11.3 Å². The van der Waals surface area contributed by atoms with Crippen molar-refractivity contribution < 1.29 is 13.6 Å². The zero-order valence-electron chi connectivity index (χ0n) is 14.5. The summed E-state index contributed by atoms with van der Waals surface area (Å²) in [7, 11) is 0. The Labute approximate surface area is 152 Å². The third-order valence-corrected chi connectivity index (χ3v) is 4.66. The van der Waals surface area contributed by atoms with Gasteiger partial charge >= 0.3 is 5.69 Å². The number of halogens is 2. The second-order valence-electron chi connectivity index (χ2n) is 6.72. The van der Waals surface area contributed by atoms with E-state index in [1.165, 1.54) is 16.8 Å². The molecule has 27 heavy (non-hydrogen) atoms. The van der Waals surface area contributed by atoms with Gasteiger partial charge in [0.25, 0.3) is 0 Å². The molecule has 0 saturated heterocycles. The molecule has 1 aromatic carbocycles. The molecule has 1 N–H and O–H groups in total. The van der Waals surface area contributed by atoms with E-state index in [9.17, 15) is 18.4 Å². The minimum absolute atomic E-state index is 0.279. The monoisotopic (exact) mass is 373 g/mol. The van der Waals surface area contributed by atoms with Gasteiger partial charge in [0.2, 0.25) is 5.91 Å². The van der Waals surface area contributed by atoms with Gasteiger partial charge in [0.15, 0.2) is 17.3 Å². The Bertz CT molecular complexity index is 1090. The third-order valence-electron chi connectivity index (χ3n) is 4.66. The molecule has 0 radical (unpaired) electrons. The van der Waals surface area contributed by atoms with Crippen LogP contribution >= 0.6 is 0 Å². The molecule has 1 atom stereocenters. The zero-order valence-corrected chi connectivity index (χ0v) is 14.5. The van der Waals surface area contributed by atoms with Crippen molar-refractivity contribution >= 4 is 11.6 Å². The molecule has 9 heteroatoms. The first-order valence-corrected chi connectivity index (χ1v) is 8.61. The van der Waals surface area contributed by atoms with Gasteiger partial charge in [-0.1, -0.05) is 6.07 Å². The average Bonchev–Trinajstić information content (AvgIpc) is 3.43. The smallest absolute Gasteiger partial charge is 0.348 e. The van der Waals surface area contributed by atoms with Crippen LogP contribution < -0.4 is 11.0 Å². The van der Waals surface area contributed by atoms with Crippen LogP contribution in [0.3, 0.4) is 0 Å². The molecule has 0 unspecified atom stereocenters. The summed E-state index contributed by atoms with van der Waals surface area (Å²) >= 11 is 0. The summed E-state index contributed by atoms with van der Waals surface area (Å²) in [6.45, 7) is 1.37. The van der Waals surface area contributed by atoms with E-state index in [4.69, 9.17) is 0 Å². The number of fused-ring (bicyclic) bond motifs is 1. The molecule has 2 heterocycles. The third kappa shape index (κ3) is 3.32. The predicted molar refractivity (Wildman–Crippen MR) is 92.1 cm³/mol. The van der Waals surface area contributed by atoms with Gasteiger partial charge in [-0.2, -0.15) is 0 Å². The number of hydrogen-bond donors (Lipinski definition) is 1. The fourth-order valence-corrected chi connectivity index (χ4v) is 3.03. The summed E-state index contributed by atoms with van der Waals surface area (Å²) < 4.78 is 28.8. The molecule has 0 spiro atoms. The van der Waals surface area contributed by atoms with Crippen molar-refractivity contribution in [3.05, 3.63) is 64.0 Å². The fraction of sp³-hybridized carbons (Fsp3) is 0.333. The van der Waals surface area contributed by atoms with Gasteiger partial charge in [-0.3, -0.25) is 4.79 Å². The van der Waals surface area contributed by atoms with Crippen LogP contribution in [0.15, 0.2) is 35.5 Å². The van der Waals surface area contributed by atoms with Gasteiger partial charge in [-0.05, 0) is 43.4 Å². The second kappa shape index (κ2) is 6.57.